The number of hydrogen-bond acceptors (Lipinski definition) is 6. The summed E-state index contributed by atoms with van der Waals surface area (Å²) in [6.45, 7) is 0. The van der Waals surface area contributed by atoms with Gasteiger partial charge in [-0.05, 0) is 73.6 Å². The van der Waals surface area contributed by atoms with Crippen LogP contribution in [0.5, 0.6) is 0 Å². The highest BCUT2D eigenvalue weighted by Gasteiger charge is 2.47. The highest BCUT2D eigenvalue weighted by Crippen LogP contribution is 2.45. The minimum atomic E-state index is -3.78. The second-order valence-corrected chi connectivity index (χ2v) is 13.0. The summed E-state index contributed by atoms with van der Waals surface area (Å²) in [6, 6.07) is 5.24. The molecule has 37 heavy (non-hydrogen) atoms. The lowest BCUT2D eigenvalue weighted by molar-refractivity contribution is -0.123. The first kappa shape index (κ1) is 27.6. The van der Waals surface area contributed by atoms with Crippen molar-refractivity contribution in [2.24, 2.45) is 5.92 Å². The van der Waals surface area contributed by atoms with Crippen molar-refractivity contribution in [2.75, 3.05) is 11.5 Å². The smallest absolute Gasteiger partial charge is 0.317 e. The molecule has 6 nitrogen and oxygen atoms in total. The molecule has 2 saturated carbocycles. The number of sulfone groups is 1. The number of carbonyl (C=O) groups is 1. The third-order valence-electron chi connectivity index (χ3n) is 6.34. The van der Waals surface area contributed by atoms with Crippen LogP contribution in [0.15, 0.2) is 53.4 Å². The van der Waals surface area contributed by atoms with Crippen molar-refractivity contribution in [3.05, 3.63) is 65.7 Å². The van der Waals surface area contributed by atoms with Crippen LogP contribution in [0.25, 0.3) is 0 Å². The number of benzene rings is 2. The Bertz CT molecular complexity index is 1230. The van der Waals surface area contributed by atoms with E-state index in [1.807, 2.05) is 0 Å². The molecule has 0 aliphatic heterocycles. The summed E-state index contributed by atoms with van der Waals surface area (Å²) < 4.78 is 84.1. The minimum Gasteiger partial charge on any atom is -0.344 e. The molecule has 0 bridgehead atoms. The standard InChI is InChI=1S/C25H27F4N3O3S2/c26-18-5-3-17(4-6-18)22(25(28,29)36-20-9-7-19(27)8-10-20)31-21(14-37(34,35)13-16-1-2-16)23(33)32-24(15-30)11-12-24/h3-10,15-16,21-22,30-31H,1-2,11-14H2,(H,32,33)/t21-,22-/m0/s1. The van der Waals surface area contributed by atoms with E-state index in [1.165, 1.54) is 12.1 Å². The Balaban J connectivity index is 1.65. The average Bonchev–Trinajstić information content (AvgIpc) is 3.76. The van der Waals surface area contributed by atoms with Crippen LogP contribution in [-0.4, -0.2) is 48.9 Å². The lowest BCUT2D eigenvalue weighted by atomic mass is 10.1. The van der Waals surface area contributed by atoms with Gasteiger partial charge in [0.25, 0.3) is 0 Å². The van der Waals surface area contributed by atoms with Gasteiger partial charge in [0.05, 0.1) is 17.0 Å². The van der Waals surface area contributed by atoms with Crippen LogP contribution in [0.1, 0.15) is 37.3 Å². The van der Waals surface area contributed by atoms with Crippen LogP contribution < -0.4 is 10.6 Å². The molecule has 200 valence electrons. The van der Waals surface area contributed by atoms with Crippen LogP contribution >= 0.6 is 11.8 Å². The summed E-state index contributed by atoms with van der Waals surface area (Å²) in [5.41, 5.74) is -0.972. The van der Waals surface area contributed by atoms with Crippen molar-refractivity contribution in [3.8, 4) is 0 Å². The number of halogens is 4. The van der Waals surface area contributed by atoms with Crippen molar-refractivity contribution < 1.29 is 30.8 Å². The van der Waals surface area contributed by atoms with Gasteiger partial charge in [0, 0.05) is 11.1 Å². The van der Waals surface area contributed by atoms with Gasteiger partial charge < -0.3 is 10.7 Å². The molecule has 2 aromatic carbocycles. The van der Waals surface area contributed by atoms with Crippen molar-refractivity contribution in [2.45, 2.75) is 53.5 Å². The Morgan fingerprint density at radius 2 is 1.65 bits per heavy atom. The molecule has 0 heterocycles. The molecule has 0 aromatic heterocycles. The maximum atomic E-state index is 15.7. The molecule has 0 saturated heterocycles. The summed E-state index contributed by atoms with van der Waals surface area (Å²) in [5, 5.41) is 9.07. The molecule has 2 atom stereocenters. The van der Waals surface area contributed by atoms with Crippen molar-refractivity contribution in [1.82, 2.24) is 10.6 Å². The molecule has 4 rings (SSSR count). The Hall–Kier alpha value is -2.44. The summed E-state index contributed by atoms with van der Waals surface area (Å²) >= 11 is 0.110. The highest BCUT2D eigenvalue weighted by atomic mass is 32.2. The molecule has 1 amide bonds. The fraction of sp³-hybridized carbons (Fsp3) is 0.440. The van der Waals surface area contributed by atoms with E-state index in [1.54, 1.807) is 0 Å². The summed E-state index contributed by atoms with van der Waals surface area (Å²) in [6.07, 6.45) is 3.54. The van der Waals surface area contributed by atoms with Crippen molar-refractivity contribution in [1.29, 1.82) is 5.41 Å². The minimum absolute atomic E-state index is 0.00608. The quantitative estimate of drug-likeness (QED) is 0.192. The van der Waals surface area contributed by atoms with Crippen LogP contribution in [-0.2, 0) is 14.6 Å². The van der Waals surface area contributed by atoms with E-state index in [-0.39, 0.29) is 33.9 Å². The van der Waals surface area contributed by atoms with Gasteiger partial charge in [0.2, 0.25) is 5.91 Å². The first-order chi connectivity index (χ1) is 17.4. The average molecular weight is 558 g/mol. The van der Waals surface area contributed by atoms with E-state index < -0.39 is 56.0 Å². The van der Waals surface area contributed by atoms with Crippen LogP contribution in [0, 0.1) is 23.0 Å². The molecule has 2 aliphatic rings. The third-order valence-corrected chi connectivity index (χ3v) is 9.17. The first-order valence-electron chi connectivity index (χ1n) is 11.8. The van der Waals surface area contributed by atoms with Gasteiger partial charge in [-0.1, -0.05) is 23.9 Å². The Morgan fingerprint density at radius 1 is 1.08 bits per heavy atom. The number of nitrogens with one attached hydrogen (secondary N) is 3. The monoisotopic (exact) mass is 557 g/mol. The molecular formula is C25H27F4N3O3S2. The molecule has 3 N–H and O–H groups in total. The lowest BCUT2D eigenvalue weighted by Gasteiger charge is -2.31. The van der Waals surface area contributed by atoms with Gasteiger partial charge in [-0.3, -0.25) is 10.1 Å². The van der Waals surface area contributed by atoms with E-state index in [0.29, 0.717) is 12.8 Å². The van der Waals surface area contributed by atoms with Crippen LogP contribution in [0.4, 0.5) is 17.6 Å². The molecule has 0 spiro atoms. The Labute approximate surface area is 217 Å². The third kappa shape index (κ3) is 7.55. The van der Waals surface area contributed by atoms with E-state index >= 15 is 8.78 Å². The maximum absolute atomic E-state index is 15.7. The number of hydrogen-bond donors (Lipinski definition) is 3. The van der Waals surface area contributed by atoms with E-state index in [9.17, 15) is 22.0 Å². The van der Waals surface area contributed by atoms with Gasteiger partial charge in [-0.15, -0.1) is 0 Å². The highest BCUT2D eigenvalue weighted by molar-refractivity contribution is 8.00. The number of carbonyl (C=O) groups excluding carboxylic acids is 1. The summed E-state index contributed by atoms with van der Waals surface area (Å²) in [5.74, 6) is -2.92. The molecule has 0 radical (unpaired) electrons. The molecular weight excluding hydrogens is 530 g/mol. The fourth-order valence-electron chi connectivity index (χ4n) is 3.90. The molecule has 12 heteroatoms. The lowest BCUT2D eigenvalue weighted by Crippen LogP contribution is -2.55. The van der Waals surface area contributed by atoms with Gasteiger partial charge in [0.15, 0.2) is 9.84 Å². The topological polar surface area (TPSA) is 99.1 Å². The fourth-order valence-corrected chi connectivity index (χ4v) is 6.75. The van der Waals surface area contributed by atoms with Crippen LogP contribution in [0.3, 0.4) is 0 Å². The van der Waals surface area contributed by atoms with E-state index in [2.05, 4.69) is 10.6 Å². The first-order valence-corrected chi connectivity index (χ1v) is 14.4. The van der Waals surface area contributed by atoms with Gasteiger partial charge >= 0.3 is 5.25 Å². The molecule has 2 aromatic rings. The predicted octanol–water partition coefficient (Wildman–Crippen LogP) is 4.47. The van der Waals surface area contributed by atoms with Gasteiger partial charge in [-0.2, -0.15) is 8.78 Å². The van der Waals surface area contributed by atoms with Crippen LogP contribution in [0.2, 0.25) is 0 Å². The molecule has 2 aliphatic carbocycles. The molecule has 0 unspecified atom stereocenters. The second kappa shape index (κ2) is 10.7. The maximum Gasteiger partial charge on any atom is 0.317 e. The van der Waals surface area contributed by atoms with Gasteiger partial charge in [0.1, 0.15) is 23.7 Å². The van der Waals surface area contributed by atoms with Gasteiger partial charge in [-0.25, -0.2) is 17.2 Å². The SMILES string of the molecule is N=CC1(NC(=O)[C@H](CS(=O)(=O)CC2CC2)N[C@@H](c2ccc(F)cc2)C(F)(F)Sc2ccc(F)cc2)CC1. The number of rotatable bonds is 13. The largest absolute Gasteiger partial charge is 0.344 e. The Kier molecular flexibility index (Phi) is 8.01. The summed E-state index contributed by atoms with van der Waals surface area (Å²) in [4.78, 5) is 13.2. The zero-order chi connectivity index (χ0) is 26.8. The van der Waals surface area contributed by atoms with E-state index in [0.717, 1.165) is 55.5 Å². The zero-order valence-electron chi connectivity index (χ0n) is 19.7. The summed E-state index contributed by atoms with van der Waals surface area (Å²) in [7, 11) is -3.78. The van der Waals surface area contributed by atoms with Crippen molar-refractivity contribution >= 4 is 33.7 Å². The number of alkyl halides is 2. The zero-order valence-corrected chi connectivity index (χ0v) is 21.4. The Morgan fingerprint density at radius 3 is 2.16 bits per heavy atom. The number of amides is 1. The predicted molar refractivity (Wildman–Crippen MR) is 134 cm³/mol. The second-order valence-electron chi connectivity index (χ2n) is 9.63. The normalized spacial score (nSPS) is 18.6. The molecule has 2 fully saturated rings. The van der Waals surface area contributed by atoms with E-state index in [4.69, 9.17) is 5.41 Å². The van der Waals surface area contributed by atoms with Crippen molar-refractivity contribution in [3.63, 3.8) is 0 Å². The number of thioether (sulfide) groups is 1.